The van der Waals surface area contributed by atoms with Gasteiger partial charge in [0.25, 0.3) is 0 Å². The molecule has 124 valence electrons. The Hall–Kier alpha value is -1.73. The molecule has 0 aliphatic heterocycles. The SMILES string of the molecule is COCOc1cc(OC)cc(N)c1C(=O)OCC[Si](C)(C)C. The maximum atomic E-state index is 12.3. The van der Waals surface area contributed by atoms with Crippen molar-refractivity contribution in [1.82, 2.24) is 0 Å². The average molecular weight is 327 g/mol. The van der Waals surface area contributed by atoms with Gasteiger partial charge >= 0.3 is 5.97 Å². The van der Waals surface area contributed by atoms with Crippen molar-refractivity contribution in [2.24, 2.45) is 0 Å². The summed E-state index contributed by atoms with van der Waals surface area (Å²) in [4.78, 5) is 12.3. The molecule has 0 bridgehead atoms. The molecule has 0 fully saturated rings. The van der Waals surface area contributed by atoms with Gasteiger partial charge in [-0.05, 0) is 6.04 Å². The first-order valence-corrected chi connectivity index (χ1v) is 10.8. The van der Waals surface area contributed by atoms with Gasteiger partial charge < -0.3 is 24.7 Å². The predicted molar refractivity (Wildman–Crippen MR) is 88.3 cm³/mol. The zero-order chi connectivity index (χ0) is 16.8. The van der Waals surface area contributed by atoms with Crippen LogP contribution in [-0.4, -0.2) is 41.7 Å². The van der Waals surface area contributed by atoms with Crippen molar-refractivity contribution < 1.29 is 23.7 Å². The van der Waals surface area contributed by atoms with E-state index in [1.165, 1.54) is 14.2 Å². The summed E-state index contributed by atoms with van der Waals surface area (Å²) in [5.41, 5.74) is 6.39. The zero-order valence-corrected chi connectivity index (χ0v) is 14.9. The van der Waals surface area contributed by atoms with Gasteiger partial charge in [0, 0.05) is 27.3 Å². The van der Waals surface area contributed by atoms with Crippen LogP contribution in [-0.2, 0) is 9.47 Å². The quantitative estimate of drug-likeness (QED) is 0.342. The average Bonchev–Trinajstić information content (AvgIpc) is 2.42. The molecule has 0 amide bonds. The number of carbonyl (C=O) groups excluding carboxylic acids is 1. The van der Waals surface area contributed by atoms with E-state index in [2.05, 4.69) is 19.6 Å². The van der Waals surface area contributed by atoms with E-state index in [0.29, 0.717) is 12.4 Å². The van der Waals surface area contributed by atoms with Crippen molar-refractivity contribution in [3.05, 3.63) is 17.7 Å². The Bertz CT molecular complexity index is 513. The van der Waals surface area contributed by atoms with Crippen molar-refractivity contribution in [2.45, 2.75) is 25.7 Å². The minimum absolute atomic E-state index is 0.00178. The van der Waals surface area contributed by atoms with E-state index < -0.39 is 14.0 Å². The highest BCUT2D eigenvalue weighted by Gasteiger charge is 2.21. The lowest BCUT2D eigenvalue weighted by atomic mass is 10.1. The Morgan fingerprint density at radius 2 is 1.91 bits per heavy atom. The van der Waals surface area contributed by atoms with E-state index in [-0.39, 0.29) is 23.8 Å². The summed E-state index contributed by atoms with van der Waals surface area (Å²) in [5.74, 6) is 0.295. The lowest BCUT2D eigenvalue weighted by Gasteiger charge is -2.17. The van der Waals surface area contributed by atoms with Crippen molar-refractivity contribution in [3.8, 4) is 11.5 Å². The monoisotopic (exact) mass is 327 g/mol. The Morgan fingerprint density at radius 3 is 2.45 bits per heavy atom. The largest absolute Gasteiger partial charge is 0.497 e. The van der Waals surface area contributed by atoms with Gasteiger partial charge in [-0.15, -0.1) is 0 Å². The van der Waals surface area contributed by atoms with Gasteiger partial charge in [0.1, 0.15) is 17.1 Å². The van der Waals surface area contributed by atoms with Crippen LogP contribution in [0.25, 0.3) is 0 Å². The molecule has 0 saturated carbocycles. The Labute approximate surface area is 132 Å². The first-order valence-electron chi connectivity index (χ1n) is 7.05. The number of hydrogen-bond donors (Lipinski definition) is 1. The molecule has 0 unspecified atom stereocenters. The Kier molecular flexibility index (Phi) is 6.70. The van der Waals surface area contributed by atoms with Crippen LogP contribution in [0.4, 0.5) is 5.69 Å². The van der Waals surface area contributed by atoms with E-state index in [9.17, 15) is 4.79 Å². The normalized spacial score (nSPS) is 11.1. The third-order valence-corrected chi connectivity index (χ3v) is 4.67. The van der Waals surface area contributed by atoms with E-state index in [0.717, 1.165) is 6.04 Å². The first kappa shape index (κ1) is 18.3. The van der Waals surface area contributed by atoms with E-state index in [1.807, 2.05) is 0 Å². The summed E-state index contributed by atoms with van der Waals surface area (Å²) in [6, 6.07) is 4.04. The van der Waals surface area contributed by atoms with Crippen molar-refractivity contribution in [2.75, 3.05) is 33.4 Å². The van der Waals surface area contributed by atoms with Crippen LogP contribution < -0.4 is 15.2 Å². The van der Waals surface area contributed by atoms with Crippen LogP contribution in [0.1, 0.15) is 10.4 Å². The molecular formula is C15H25NO5Si. The number of benzene rings is 1. The molecule has 0 saturated heterocycles. The molecule has 1 aromatic rings. The van der Waals surface area contributed by atoms with Gasteiger partial charge in [-0.25, -0.2) is 4.79 Å². The van der Waals surface area contributed by atoms with Crippen molar-refractivity contribution >= 4 is 19.7 Å². The number of nitrogen functional groups attached to an aromatic ring is 1. The van der Waals surface area contributed by atoms with Crippen LogP contribution in [0.15, 0.2) is 12.1 Å². The van der Waals surface area contributed by atoms with Gasteiger partial charge in [-0.2, -0.15) is 0 Å². The summed E-state index contributed by atoms with van der Waals surface area (Å²) in [6.07, 6.45) is 0. The molecule has 0 aliphatic carbocycles. The smallest absolute Gasteiger partial charge is 0.344 e. The topological polar surface area (TPSA) is 80.0 Å². The molecule has 1 rings (SSSR count). The fourth-order valence-corrected chi connectivity index (χ4v) is 2.42. The molecule has 0 aliphatic rings. The lowest BCUT2D eigenvalue weighted by Crippen LogP contribution is -2.23. The van der Waals surface area contributed by atoms with Crippen LogP contribution >= 0.6 is 0 Å². The van der Waals surface area contributed by atoms with Crippen LogP contribution in [0, 0.1) is 0 Å². The fourth-order valence-electron chi connectivity index (χ4n) is 1.71. The summed E-state index contributed by atoms with van der Waals surface area (Å²) in [5, 5.41) is 0. The number of ether oxygens (including phenoxy) is 4. The summed E-state index contributed by atoms with van der Waals surface area (Å²) < 4.78 is 20.7. The van der Waals surface area contributed by atoms with Crippen molar-refractivity contribution in [1.29, 1.82) is 0 Å². The molecule has 0 radical (unpaired) electrons. The fraction of sp³-hybridized carbons (Fsp3) is 0.533. The number of rotatable bonds is 8. The molecule has 1 aromatic carbocycles. The minimum Gasteiger partial charge on any atom is -0.497 e. The van der Waals surface area contributed by atoms with Gasteiger partial charge in [0.05, 0.1) is 19.4 Å². The number of nitrogens with two attached hydrogens (primary N) is 1. The first-order chi connectivity index (χ1) is 10.3. The van der Waals surface area contributed by atoms with Gasteiger partial charge in [0.15, 0.2) is 6.79 Å². The number of methoxy groups -OCH3 is 2. The maximum Gasteiger partial charge on any atom is 0.344 e. The number of esters is 1. The highest BCUT2D eigenvalue weighted by Crippen LogP contribution is 2.31. The number of carbonyl (C=O) groups is 1. The van der Waals surface area contributed by atoms with E-state index in [4.69, 9.17) is 24.7 Å². The third-order valence-electron chi connectivity index (χ3n) is 2.96. The molecule has 6 nitrogen and oxygen atoms in total. The molecule has 7 heteroatoms. The Balaban J connectivity index is 2.92. The third kappa shape index (κ3) is 5.57. The highest BCUT2D eigenvalue weighted by atomic mass is 28.3. The van der Waals surface area contributed by atoms with Crippen LogP contribution in [0.5, 0.6) is 11.5 Å². The summed E-state index contributed by atoms with van der Waals surface area (Å²) in [7, 11) is 1.74. The Morgan fingerprint density at radius 1 is 1.23 bits per heavy atom. The van der Waals surface area contributed by atoms with Gasteiger partial charge in [0.2, 0.25) is 0 Å². The maximum absolute atomic E-state index is 12.3. The number of anilines is 1. The molecule has 0 aromatic heterocycles. The zero-order valence-electron chi connectivity index (χ0n) is 13.9. The lowest BCUT2D eigenvalue weighted by molar-refractivity contribution is 0.0438. The second kappa shape index (κ2) is 8.05. The molecule has 0 heterocycles. The van der Waals surface area contributed by atoms with Crippen LogP contribution in [0.3, 0.4) is 0 Å². The molecular weight excluding hydrogens is 302 g/mol. The number of hydrogen-bond acceptors (Lipinski definition) is 6. The predicted octanol–water partition coefficient (Wildman–Crippen LogP) is 2.76. The van der Waals surface area contributed by atoms with Crippen molar-refractivity contribution in [3.63, 3.8) is 0 Å². The summed E-state index contributed by atoms with van der Waals surface area (Å²) >= 11 is 0. The highest BCUT2D eigenvalue weighted by molar-refractivity contribution is 6.76. The standard InChI is InChI=1S/C15H25NO5Si/c1-18-10-21-13-9-11(19-2)8-12(16)14(13)15(17)20-6-7-22(3,4)5/h8-9H,6-7,10,16H2,1-5H3. The van der Waals surface area contributed by atoms with Gasteiger partial charge in [-0.3, -0.25) is 0 Å². The second-order valence-corrected chi connectivity index (χ2v) is 11.7. The van der Waals surface area contributed by atoms with E-state index in [1.54, 1.807) is 12.1 Å². The van der Waals surface area contributed by atoms with Crippen LogP contribution in [0.2, 0.25) is 25.7 Å². The van der Waals surface area contributed by atoms with E-state index >= 15 is 0 Å². The summed E-state index contributed by atoms with van der Waals surface area (Å²) in [6.45, 7) is 7.03. The molecule has 0 atom stereocenters. The minimum atomic E-state index is -1.27. The molecule has 0 spiro atoms. The molecule has 22 heavy (non-hydrogen) atoms. The van der Waals surface area contributed by atoms with Gasteiger partial charge in [-0.1, -0.05) is 19.6 Å². The molecule has 2 N–H and O–H groups in total. The second-order valence-electron chi connectivity index (χ2n) is 6.09.